The molecule has 0 bridgehead atoms. The van der Waals surface area contributed by atoms with E-state index >= 15 is 0 Å². The van der Waals surface area contributed by atoms with Crippen LogP contribution in [-0.4, -0.2) is 46.2 Å². The summed E-state index contributed by atoms with van der Waals surface area (Å²) in [6, 6.07) is 0. The molecule has 25 heavy (non-hydrogen) atoms. The van der Waals surface area contributed by atoms with Gasteiger partial charge in [0, 0.05) is 24.2 Å². The van der Waals surface area contributed by atoms with Crippen LogP contribution in [0.5, 0.6) is 0 Å². The Bertz CT molecular complexity index is 502. The van der Waals surface area contributed by atoms with Crippen LogP contribution in [0.3, 0.4) is 0 Å². The van der Waals surface area contributed by atoms with E-state index in [1.807, 2.05) is 6.08 Å². The van der Waals surface area contributed by atoms with E-state index in [4.69, 9.17) is 5.11 Å². The van der Waals surface area contributed by atoms with E-state index in [9.17, 15) is 20.1 Å². The monoisotopic (exact) mass is 354 g/mol. The van der Waals surface area contributed by atoms with Gasteiger partial charge in [-0.3, -0.25) is 0 Å². The molecule has 1 saturated carbocycles. The smallest absolute Gasteiger partial charge is 0.331 e. The Balaban J connectivity index is 2.30. The molecule has 0 unspecified atom stereocenters. The third-order valence-electron chi connectivity index (χ3n) is 7.35. The predicted molar refractivity (Wildman–Crippen MR) is 96.0 cm³/mol. The number of fused-ring (bicyclic) bond motifs is 1. The van der Waals surface area contributed by atoms with E-state index in [0.717, 1.165) is 38.5 Å². The Kier molecular flexibility index (Phi) is 6.68. The van der Waals surface area contributed by atoms with Crippen molar-refractivity contribution in [2.75, 3.05) is 19.8 Å². The topological polar surface area (TPSA) is 98.0 Å². The Morgan fingerprint density at radius 3 is 2.56 bits per heavy atom. The van der Waals surface area contributed by atoms with Crippen LogP contribution in [0.4, 0.5) is 0 Å². The number of carbonyl (C=O) groups is 1. The van der Waals surface area contributed by atoms with Crippen molar-refractivity contribution in [1.29, 1.82) is 0 Å². The van der Waals surface area contributed by atoms with Crippen molar-refractivity contribution in [3.05, 3.63) is 11.6 Å². The minimum Gasteiger partial charge on any atom is -0.478 e. The molecule has 0 spiro atoms. The van der Waals surface area contributed by atoms with Crippen LogP contribution in [0, 0.1) is 28.6 Å². The minimum absolute atomic E-state index is 0.0705. The number of aliphatic carboxylic acids is 1. The van der Waals surface area contributed by atoms with Crippen molar-refractivity contribution < 1.29 is 25.2 Å². The zero-order chi connectivity index (χ0) is 18.7. The number of aliphatic hydroxyl groups is 3. The normalized spacial score (nSPS) is 36.4. The summed E-state index contributed by atoms with van der Waals surface area (Å²) in [4.78, 5) is 11.8. The van der Waals surface area contributed by atoms with Gasteiger partial charge in [-0.2, -0.15) is 0 Å². The number of hydrogen-bond acceptors (Lipinski definition) is 4. The fraction of sp³-hybridized carbons (Fsp3) is 0.850. The molecule has 0 heterocycles. The highest BCUT2D eigenvalue weighted by molar-refractivity contribution is 5.88. The fourth-order valence-corrected chi connectivity index (χ4v) is 5.50. The SMILES string of the molecule is C[C@H]1CC[C@@]2(CO)C(C(=O)O)=CCC[C@@H]2[C@@]1(C)CC[C@H](CO)CCO. The molecular weight excluding hydrogens is 320 g/mol. The second kappa shape index (κ2) is 8.19. The van der Waals surface area contributed by atoms with Crippen LogP contribution in [0.2, 0.25) is 0 Å². The molecule has 4 N–H and O–H groups in total. The van der Waals surface area contributed by atoms with Crippen LogP contribution in [0.25, 0.3) is 0 Å². The lowest BCUT2D eigenvalue weighted by Crippen LogP contribution is -2.54. The third-order valence-corrected chi connectivity index (χ3v) is 7.35. The minimum atomic E-state index is -0.899. The zero-order valence-electron chi connectivity index (χ0n) is 15.6. The maximum Gasteiger partial charge on any atom is 0.331 e. The molecule has 5 atom stereocenters. The fourth-order valence-electron chi connectivity index (χ4n) is 5.50. The lowest BCUT2D eigenvalue weighted by molar-refractivity contribution is -0.140. The average molecular weight is 354 g/mol. The maximum absolute atomic E-state index is 11.8. The van der Waals surface area contributed by atoms with Crippen LogP contribution in [0.1, 0.15) is 58.8 Å². The Morgan fingerprint density at radius 2 is 2.00 bits per heavy atom. The van der Waals surface area contributed by atoms with Gasteiger partial charge >= 0.3 is 5.97 Å². The molecule has 2 aliphatic carbocycles. The number of aliphatic hydroxyl groups excluding tert-OH is 3. The van der Waals surface area contributed by atoms with Gasteiger partial charge in [-0.05, 0) is 68.1 Å². The highest BCUT2D eigenvalue weighted by Gasteiger charge is 2.57. The van der Waals surface area contributed by atoms with Gasteiger partial charge in [0.05, 0.1) is 6.61 Å². The van der Waals surface area contributed by atoms with Crippen molar-refractivity contribution in [1.82, 2.24) is 0 Å². The van der Waals surface area contributed by atoms with Gasteiger partial charge in [0.2, 0.25) is 0 Å². The van der Waals surface area contributed by atoms with Gasteiger partial charge < -0.3 is 20.4 Å². The maximum atomic E-state index is 11.8. The average Bonchev–Trinajstić information content (AvgIpc) is 2.61. The number of rotatable bonds is 8. The molecule has 0 saturated heterocycles. The molecule has 0 aliphatic heterocycles. The Labute approximate surface area is 150 Å². The molecule has 0 radical (unpaired) electrons. The highest BCUT2D eigenvalue weighted by atomic mass is 16.4. The summed E-state index contributed by atoms with van der Waals surface area (Å²) in [5.41, 5.74) is -0.311. The summed E-state index contributed by atoms with van der Waals surface area (Å²) >= 11 is 0. The van der Waals surface area contributed by atoms with E-state index in [1.54, 1.807) is 0 Å². The van der Waals surface area contributed by atoms with Crippen LogP contribution < -0.4 is 0 Å². The first-order valence-electron chi connectivity index (χ1n) is 9.62. The van der Waals surface area contributed by atoms with E-state index in [0.29, 0.717) is 17.9 Å². The van der Waals surface area contributed by atoms with Gasteiger partial charge in [0.15, 0.2) is 0 Å². The molecule has 5 heteroatoms. The lowest BCUT2D eigenvalue weighted by atomic mass is 9.46. The van der Waals surface area contributed by atoms with Crippen LogP contribution in [0.15, 0.2) is 11.6 Å². The number of carboxylic acid groups (broad SMARTS) is 1. The third kappa shape index (κ3) is 3.64. The highest BCUT2D eigenvalue weighted by Crippen LogP contribution is 2.62. The first-order valence-corrected chi connectivity index (χ1v) is 9.62. The summed E-state index contributed by atoms with van der Waals surface area (Å²) in [5.74, 6) is -0.237. The summed E-state index contributed by atoms with van der Waals surface area (Å²) in [6.45, 7) is 4.51. The van der Waals surface area contributed by atoms with E-state index in [1.165, 1.54) is 0 Å². The van der Waals surface area contributed by atoms with Gasteiger partial charge in [-0.15, -0.1) is 0 Å². The summed E-state index contributed by atoms with van der Waals surface area (Å²) in [6.07, 6.45) is 7.40. The van der Waals surface area contributed by atoms with Crippen molar-refractivity contribution in [3.63, 3.8) is 0 Å². The number of carboxylic acids is 1. The summed E-state index contributed by atoms with van der Waals surface area (Å²) < 4.78 is 0. The number of hydrogen-bond donors (Lipinski definition) is 4. The predicted octanol–water partition coefficient (Wildman–Crippen LogP) is 2.59. The lowest BCUT2D eigenvalue weighted by Gasteiger charge is -2.58. The number of allylic oxidation sites excluding steroid dienone is 1. The van der Waals surface area contributed by atoms with Crippen molar-refractivity contribution in [2.45, 2.75) is 58.8 Å². The molecule has 1 fully saturated rings. The largest absolute Gasteiger partial charge is 0.478 e. The second-order valence-corrected chi connectivity index (χ2v) is 8.41. The van der Waals surface area contributed by atoms with Gasteiger partial charge in [-0.1, -0.05) is 19.9 Å². The molecule has 0 aromatic rings. The van der Waals surface area contributed by atoms with E-state index in [2.05, 4.69) is 13.8 Å². The molecule has 2 aliphatic rings. The standard InChI is InChI=1S/C20H34O5/c1-14-6-10-20(13-23)16(18(24)25)4-3-5-17(20)19(14,2)9-7-15(12-22)8-11-21/h4,14-15,17,21-23H,3,5-13H2,1-2H3,(H,24,25)/t14-,15-,17+,19-,20+/m0/s1. The molecule has 144 valence electrons. The van der Waals surface area contributed by atoms with Crippen molar-refractivity contribution >= 4 is 5.97 Å². The Hall–Kier alpha value is -0.910. The second-order valence-electron chi connectivity index (χ2n) is 8.41. The van der Waals surface area contributed by atoms with E-state index < -0.39 is 11.4 Å². The van der Waals surface area contributed by atoms with Gasteiger partial charge in [0.25, 0.3) is 0 Å². The molecule has 0 amide bonds. The summed E-state index contributed by atoms with van der Waals surface area (Å²) in [7, 11) is 0. The van der Waals surface area contributed by atoms with Crippen molar-refractivity contribution in [3.8, 4) is 0 Å². The van der Waals surface area contributed by atoms with E-state index in [-0.39, 0.29) is 37.1 Å². The molecule has 2 rings (SSSR count). The molecule has 0 aromatic carbocycles. The van der Waals surface area contributed by atoms with Crippen LogP contribution in [-0.2, 0) is 4.79 Å². The van der Waals surface area contributed by atoms with Crippen molar-refractivity contribution in [2.24, 2.45) is 28.6 Å². The quantitative estimate of drug-likeness (QED) is 0.537. The van der Waals surface area contributed by atoms with Gasteiger partial charge in [-0.25, -0.2) is 4.79 Å². The molecular formula is C20H34O5. The zero-order valence-corrected chi connectivity index (χ0v) is 15.6. The first-order chi connectivity index (χ1) is 11.9. The first kappa shape index (κ1) is 20.4. The Morgan fingerprint density at radius 1 is 1.28 bits per heavy atom. The molecule has 5 nitrogen and oxygen atoms in total. The van der Waals surface area contributed by atoms with Gasteiger partial charge in [0.1, 0.15) is 0 Å². The van der Waals surface area contributed by atoms with Crippen LogP contribution >= 0.6 is 0 Å². The summed E-state index contributed by atoms with van der Waals surface area (Å²) in [5, 5.41) is 38.6. The molecule has 0 aromatic heterocycles.